The first kappa shape index (κ1) is 17.6. The van der Waals surface area contributed by atoms with Crippen LogP contribution in [0.2, 0.25) is 5.02 Å². The van der Waals surface area contributed by atoms with Gasteiger partial charge in [0, 0.05) is 41.1 Å². The SMILES string of the molecule is NCCN1C(=O)C(NC(=O)c2cc3cc(Cl)ccc3[nH]2)Cc2ccccc21. The fraction of sp³-hybridized carbons (Fsp3) is 0.200. The number of carbonyl (C=O) groups is 2. The van der Waals surface area contributed by atoms with E-state index in [1.807, 2.05) is 30.3 Å². The first-order chi connectivity index (χ1) is 13.1. The van der Waals surface area contributed by atoms with Gasteiger partial charge in [-0.3, -0.25) is 9.59 Å². The molecule has 27 heavy (non-hydrogen) atoms. The van der Waals surface area contributed by atoms with Gasteiger partial charge < -0.3 is 20.9 Å². The first-order valence-electron chi connectivity index (χ1n) is 8.75. The number of H-pyrrole nitrogens is 1. The van der Waals surface area contributed by atoms with E-state index < -0.39 is 6.04 Å². The van der Waals surface area contributed by atoms with E-state index >= 15 is 0 Å². The van der Waals surface area contributed by atoms with Crippen LogP contribution in [-0.4, -0.2) is 35.9 Å². The van der Waals surface area contributed by atoms with Crippen LogP contribution < -0.4 is 16.0 Å². The van der Waals surface area contributed by atoms with Crippen LogP contribution in [0.4, 0.5) is 5.69 Å². The van der Waals surface area contributed by atoms with Crippen LogP contribution in [0.25, 0.3) is 10.9 Å². The van der Waals surface area contributed by atoms with E-state index in [0.717, 1.165) is 22.2 Å². The summed E-state index contributed by atoms with van der Waals surface area (Å²) in [6, 6.07) is 14.2. The highest BCUT2D eigenvalue weighted by Crippen LogP contribution is 2.27. The van der Waals surface area contributed by atoms with E-state index in [4.69, 9.17) is 17.3 Å². The maximum atomic E-state index is 12.9. The minimum atomic E-state index is -0.631. The van der Waals surface area contributed by atoms with Gasteiger partial charge in [-0.25, -0.2) is 0 Å². The third-order valence-corrected chi connectivity index (χ3v) is 4.99. The maximum Gasteiger partial charge on any atom is 0.268 e. The predicted octanol–water partition coefficient (Wildman–Crippen LogP) is 2.47. The Morgan fingerprint density at radius 2 is 2.07 bits per heavy atom. The normalized spacial score (nSPS) is 16.4. The molecule has 0 saturated carbocycles. The summed E-state index contributed by atoms with van der Waals surface area (Å²) in [5.41, 5.74) is 8.76. The number of anilines is 1. The van der Waals surface area contributed by atoms with E-state index in [2.05, 4.69) is 10.3 Å². The van der Waals surface area contributed by atoms with Crippen LogP contribution in [-0.2, 0) is 11.2 Å². The largest absolute Gasteiger partial charge is 0.351 e. The number of benzene rings is 2. The molecule has 4 N–H and O–H groups in total. The van der Waals surface area contributed by atoms with Crippen molar-refractivity contribution in [1.29, 1.82) is 0 Å². The van der Waals surface area contributed by atoms with Gasteiger partial charge in [0.25, 0.3) is 5.91 Å². The topological polar surface area (TPSA) is 91.2 Å². The van der Waals surface area contributed by atoms with Crippen molar-refractivity contribution in [2.24, 2.45) is 5.73 Å². The van der Waals surface area contributed by atoms with Gasteiger partial charge in [-0.15, -0.1) is 0 Å². The number of nitrogens with one attached hydrogen (secondary N) is 2. The molecule has 138 valence electrons. The van der Waals surface area contributed by atoms with Crippen LogP contribution in [0.1, 0.15) is 16.1 Å². The predicted molar refractivity (Wildman–Crippen MR) is 106 cm³/mol. The number of hydrogen-bond acceptors (Lipinski definition) is 3. The Morgan fingerprint density at radius 1 is 1.26 bits per heavy atom. The van der Waals surface area contributed by atoms with Crippen LogP contribution in [0, 0.1) is 0 Å². The van der Waals surface area contributed by atoms with Gasteiger partial charge >= 0.3 is 0 Å². The number of para-hydroxylation sites is 1. The summed E-state index contributed by atoms with van der Waals surface area (Å²) in [6.07, 6.45) is 0.452. The molecular weight excluding hydrogens is 364 g/mol. The Hall–Kier alpha value is -2.83. The number of amides is 2. The summed E-state index contributed by atoms with van der Waals surface area (Å²) in [5.74, 6) is -0.473. The number of hydrogen-bond donors (Lipinski definition) is 3. The highest BCUT2D eigenvalue weighted by Gasteiger charge is 2.33. The lowest BCUT2D eigenvalue weighted by molar-refractivity contribution is -0.120. The highest BCUT2D eigenvalue weighted by atomic mass is 35.5. The Balaban J connectivity index is 1.59. The maximum absolute atomic E-state index is 12.9. The summed E-state index contributed by atoms with van der Waals surface area (Å²) in [4.78, 5) is 30.3. The fourth-order valence-corrected chi connectivity index (χ4v) is 3.68. The Bertz CT molecular complexity index is 1030. The van der Waals surface area contributed by atoms with Crippen molar-refractivity contribution in [3.05, 3.63) is 64.8 Å². The zero-order valence-electron chi connectivity index (χ0n) is 14.5. The van der Waals surface area contributed by atoms with Gasteiger partial charge in [0.15, 0.2) is 0 Å². The molecule has 6 nitrogen and oxygen atoms in total. The summed E-state index contributed by atoms with van der Waals surface area (Å²) in [5, 5.41) is 4.30. The second kappa shape index (κ2) is 7.06. The molecule has 1 atom stereocenters. The summed E-state index contributed by atoms with van der Waals surface area (Å²) in [6.45, 7) is 0.761. The molecule has 4 rings (SSSR count). The van der Waals surface area contributed by atoms with Gasteiger partial charge in [-0.2, -0.15) is 0 Å². The number of nitrogens with two attached hydrogens (primary N) is 1. The molecule has 0 bridgehead atoms. The number of rotatable bonds is 4. The van der Waals surface area contributed by atoms with Crippen molar-refractivity contribution in [3.8, 4) is 0 Å². The minimum absolute atomic E-state index is 0.147. The lowest BCUT2D eigenvalue weighted by atomic mass is 9.97. The number of aromatic nitrogens is 1. The zero-order chi connectivity index (χ0) is 19.0. The standard InChI is InChI=1S/C20H19ClN4O2/c21-14-5-6-15-13(9-14)11-16(23-15)19(26)24-17-10-12-3-1-2-4-18(12)25(8-7-22)20(17)27/h1-6,9,11,17,23H,7-8,10,22H2,(H,24,26). The van der Waals surface area contributed by atoms with Crippen molar-refractivity contribution in [2.45, 2.75) is 12.5 Å². The lowest BCUT2D eigenvalue weighted by Crippen LogP contribution is -2.54. The van der Waals surface area contributed by atoms with Crippen LogP contribution in [0.15, 0.2) is 48.5 Å². The average Bonchev–Trinajstić information content (AvgIpc) is 3.08. The van der Waals surface area contributed by atoms with E-state index in [1.165, 1.54) is 0 Å². The Labute approximate surface area is 161 Å². The second-order valence-corrected chi connectivity index (χ2v) is 6.99. The van der Waals surface area contributed by atoms with Gasteiger partial charge in [0.1, 0.15) is 11.7 Å². The van der Waals surface area contributed by atoms with Crippen molar-refractivity contribution in [1.82, 2.24) is 10.3 Å². The molecule has 0 radical (unpaired) electrons. The molecule has 2 aromatic carbocycles. The second-order valence-electron chi connectivity index (χ2n) is 6.55. The van der Waals surface area contributed by atoms with Gasteiger partial charge in [-0.05, 0) is 35.9 Å². The molecule has 1 aromatic heterocycles. The van der Waals surface area contributed by atoms with E-state index in [0.29, 0.717) is 30.2 Å². The zero-order valence-corrected chi connectivity index (χ0v) is 15.3. The molecule has 2 heterocycles. The van der Waals surface area contributed by atoms with E-state index in [9.17, 15) is 9.59 Å². The van der Waals surface area contributed by atoms with E-state index in [1.54, 1.807) is 23.1 Å². The molecule has 2 amide bonds. The fourth-order valence-electron chi connectivity index (χ4n) is 3.50. The van der Waals surface area contributed by atoms with Gasteiger partial charge in [0.2, 0.25) is 5.91 Å². The monoisotopic (exact) mass is 382 g/mol. The van der Waals surface area contributed by atoms with E-state index in [-0.39, 0.29) is 11.8 Å². The Kier molecular flexibility index (Phi) is 4.59. The average molecular weight is 383 g/mol. The number of nitrogens with zero attached hydrogens (tertiary/aromatic N) is 1. The Morgan fingerprint density at radius 3 is 2.89 bits per heavy atom. The molecule has 0 fully saturated rings. The number of aromatic amines is 1. The van der Waals surface area contributed by atoms with Crippen LogP contribution >= 0.6 is 11.6 Å². The number of carbonyl (C=O) groups excluding carboxylic acids is 2. The molecule has 1 unspecified atom stereocenters. The summed E-state index contributed by atoms with van der Waals surface area (Å²) < 4.78 is 0. The number of fused-ring (bicyclic) bond motifs is 2. The lowest BCUT2D eigenvalue weighted by Gasteiger charge is -2.34. The van der Waals surface area contributed by atoms with Crippen LogP contribution in [0.5, 0.6) is 0 Å². The molecule has 0 spiro atoms. The molecule has 0 aliphatic carbocycles. The summed E-state index contributed by atoms with van der Waals surface area (Å²) >= 11 is 6.00. The third kappa shape index (κ3) is 3.29. The molecule has 0 saturated heterocycles. The smallest absolute Gasteiger partial charge is 0.268 e. The van der Waals surface area contributed by atoms with Gasteiger partial charge in [0.05, 0.1) is 0 Å². The molecular formula is C20H19ClN4O2. The molecule has 1 aliphatic rings. The van der Waals surface area contributed by atoms with Crippen molar-refractivity contribution >= 4 is 40.0 Å². The molecule has 7 heteroatoms. The molecule has 1 aliphatic heterocycles. The number of halogens is 1. The quantitative estimate of drug-likeness (QED) is 0.647. The first-order valence-corrected chi connectivity index (χ1v) is 9.13. The van der Waals surface area contributed by atoms with Crippen molar-refractivity contribution in [3.63, 3.8) is 0 Å². The summed E-state index contributed by atoms with van der Waals surface area (Å²) in [7, 11) is 0. The molecule has 3 aromatic rings. The van der Waals surface area contributed by atoms with Crippen molar-refractivity contribution in [2.75, 3.05) is 18.0 Å². The van der Waals surface area contributed by atoms with Crippen LogP contribution in [0.3, 0.4) is 0 Å². The van der Waals surface area contributed by atoms with Crippen molar-refractivity contribution < 1.29 is 9.59 Å². The van der Waals surface area contributed by atoms with Gasteiger partial charge in [-0.1, -0.05) is 29.8 Å². The highest BCUT2D eigenvalue weighted by molar-refractivity contribution is 6.31. The minimum Gasteiger partial charge on any atom is -0.351 e. The third-order valence-electron chi connectivity index (χ3n) is 4.76.